The highest BCUT2D eigenvalue weighted by molar-refractivity contribution is 7.16. The predicted molar refractivity (Wildman–Crippen MR) is 106 cm³/mol. The smallest absolute Gasteiger partial charge is 0.325 e. The van der Waals surface area contributed by atoms with E-state index in [2.05, 4.69) is 4.99 Å². The van der Waals surface area contributed by atoms with Crippen LogP contribution in [0.3, 0.4) is 0 Å². The van der Waals surface area contributed by atoms with Gasteiger partial charge in [-0.25, -0.2) is 4.39 Å². The molecule has 29 heavy (non-hydrogen) atoms. The Morgan fingerprint density at radius 1 is 1.14 bits per heavy atom. The van der Waals surface area contributed by atoms with Gasteiger partial charge in [-0.1, -0.05) is 22.9 Å². The number of halogens is 2. The lowest BCUT2D eigenvalue weighted by atomic mass is 10.2. The van der Waals surface area contributed by atoms with Gasteiger partial charge in [-0.05, 0) is 18.2 Å². The van der Waals surface area contributed by atoms with Gasteiger partial charge in [0.25, 0.3) is 5.91 Å². The number of fused-ring (bicyclic) bond motifs is 1. The Balaban J connectivity index is 2.21. The third kappa shape index (κ3) is 4.25. The van der Waals surface area contributed by atoms with Gasteiger partial charge in [0.15, 0.2) is 16.3 Å². The Labute approximate surface area is 173 Å². The SMILES string of the molecule is COC(=O)Cn1c(=NC(=O)c2ccc(F)cc2Cl)sc2cc(OC)c(OC)cc21. The van der Waals surface area contributed by atoms with Crippen LogP contribution in [0, 0.1) is 5.82 Å². The topological polar surface area (TPSA) is 79.1 Å². The molecule has 1 aromatic heterocycles. The first kappa shape index (κ1) is 20.8. The largest absolute Gasteiger partial charge is 0.493 e. The van der Waals surface area contributed by atoms with Crippen LogP contribution < -0.4 is 14.3 Å². The maximum atomic E-state index is 13.3. The number of nitrogens with zero attached hydrogens (tertiary/aromatic N) is 2. The summed E-state index contributed by atoms with van der Waals surface area (Å²) in [7, 11) is 4.26. The molecule has 0 unspecified atom stereocenters. The zero-order chi connectivity index (χ0) is 21.1. The van der Waals surface area contributed by atoms with E-state index in [0.29, 0.717) is 21.7 Å². The summed E-state index contributed by atoms with van der Waals surface area (Å²) in [5.74, 6) is -0.803. The second-order valence-corrected chi connectivity index (χ2v) is 7.18. The lowest BCUT2D eigenvalue weighted by Gasteiger charge is -2.09. The minimum atomic E-state index is -0.667. The van der Waals surface area contributed by atoms with Crippen molar-refractivity contribution >= 4 is 45.0 Å². The van der Waals surface area contributed by atoms with Gasteiger partial charge in [0.2, 0.25) is 0 Å². The summed E-state index contributed by atoms with van der Waals surface area (Å²) in [4.78, 5) is 28.9. The van der Waals surface area contributed by atoms with E-state index >= 15 is 0 Å². The number of benzene rings is 2. The quantitative estimate of drug-likeness (QED) is 0.570. The molecular formula is C19H16ClFN2O5S. The maximum Gasteiger partial charge on any atom is 0.325 e. The summed E-state index contributed by atoms with van der Waals surface area (Å²) < 4.78 is 30.9. The number of rotatable bonds is 5. The molecule has 10 heteroatoms. The lowest BCUT2D eigenvalue weighted by Crippen LogP contribution is -2.22. The Hall–Kier alpha value is -2.91. The van der Waals surface area contributed by atoms with Crippen molar-refractivity contribution in [1.29, 1.82) is 0 Å². The molecule has 0 saturated carbocycles. The van der Waals surface area contributed by atoms with Crippen LogP contribution in [-0.2, 0) is 16.1 Å². The number of aromatic nitrogens is 1. The van der Waals surface area contributed by atoms with E-state index < -0.39 is 17.7 Å². The Kier molecular flexibility index (Phi) is 6.19. The van der Waals surface area contributed by atoms with Crippen LogP contribution in [0.5, 0.6) is 11.5 Å². The first-order valence-corrected chi connectivity index (χ1v) is 9.43. The highest BCUT2D eigenvalue weighted by Gasteiger charge is 2.17. The molecule has 0 aliphatic carbocycles. The monoisotopic (exact) mass is 438 g/mol. The van der Waals surface area contributed by atoms with Crippen molar-refractivity contribution in [3.05, 3.63) is 51.5 Å². The van der Waals surface area contributed by atoms with Crippen molar-refractivity contribution in [3.8, 4) is 11.5 Å². The van der Waals surface area contributed by atoms with Gasteiger partial charge in [0.1, 0.15) is 12.4 Å². The summed E-state index contributed by atoms with van der Waals surface area (Å²) in [6.07, 6.45) is 0. The van der Waals surface area contributed by atoms with Crippen molar-refractivity contribution in [2.75, 3.05) is 21.3 Å². The van der Waals surface area contributed by atoms with E-state index in [1.165, 1.54) is 43.3 Å². The molecule has 0 radical (unpaired) electrons. The fourth-order valence-corrected chi connectivity index (χ4v) is 3.92. The second-order valence-electron chi connectivity index (χ2n) is 5.76. The molecule has 0 bridgehead atoms. The van der Waals surface area contributed by atoms with Crippen LogP contribution in [0.15, 0.2) is 35.3 Å². The Morgan fingerprint density at radius 2 is 1.83 bits per heavy atom. The summed E-state index contributed by atoms with van der Waals surface area (Å²) in [6, 6.07) is 6.82. The summed E-state index contributed by atoms with van der Waals surface area (Å²) in [5, 5.41) is -0.0530. The average molecular weight is 439 g/mol. The van der Waals surface area contributed by atoms with Crippen molar-refractivity contribution < 1.29 is 28.2 Å². The van der Waals surface area contributed by atoms with Crippen LogP contribution in [-0.4, -0.2) is 37.8 Å². The number of methoxy groups -OCH3 is 3. The minimum Gasteiger partial charge on any atom is -0.493 e. The fraction of sp³-hybridized carbons (Fsp3) is 0.211. The van der Waals surface area contributed by atoms with Crippen molar-refractivity contribution in [3.63, 3.8) is 0 Å². The van der Waals surface area contributed by atoms with Gasteiger partial charge >= 0.3 is 5.97 Å². The zero-order valence-electron chi connectivity index (χ0n) is 15.7. The van der Waals surface area contributed by atoms with Gasteiger partial charge < -0.3 is 18.8 Å². The van der Waals surface area contributed by atoms with Crippen LogP contribution in [0.25, 0.3) is 10.2 Å². The molecule has 1 heterocycles. The highest BCUT2D eigenvalue weighted by Crippen LogP contribution is 2.33. The molecule has 1 amide bonds. The maximum absolute atomic E-state index is 13.3. The zero-order valence-corrected chi connectivity index (χ0v) is 17.3. The first-order chi connectivity index (χ1) is 13.9. The lowest BCUT2D eigenvalue weighted by molar-refractivity contribution is -0.141. The van der Waals surface area contributed by atoms with E-state index in [1.807, 2.05) is 0 Å². The minimum absolute atomic E-state index is 0.0466. The van der Waals surface area contributed by atoms with Crippen molar-refractivity contribution in [1.82, 2.24) is 4.57 Å². The van der Waals surface area contributed by atoms with E-state index in [-0.39, 0.29) is 21.9 Å². The van der Waals surface area contributed by atoms with Crippen molar-refractivity contribution in [2.45, 2.75) is 6.54 Å². The number of carbonyl (C=O) groups excluding carboxylic acids is 2. The third-order valence-electron chi connectivity index (χ3n) is 4.06. The number of amides is 1. The number of ether oxygens (including phenoxy) is 3. The molecule has 0 saturated heterocycles. The predicted octanol–water partition coefficient (Wildman–Crippen LogP) is 3.43. The molecule has 0 aliphatic rings. The first-order valence-electron chi connectivity index (χ1n) is 8.24. The fourth-order valence-electron chi connectivity index (χ4n) is 2.64. The molecule has 2 aromatic carbocycles. The molecule has 0 fully saturated rings. The van der Waals surface area contributed by atoms with Gasteiger partial charge in [-0.3, -0.25) is 9.59 Å². The van der Waals surface area contributed by atoms with Crippen LogP contribution in [0.1, 0.15) is 10.4 Å². The molecule has 0 atom stereocenters. The molecule has 7 nitrogen and oxygen atoms in total. The standard InChI is InChI=1S/C19H16ClFN2O5S/c1-26-14-7-13-16(8-15(14)27-2)29-19(23(13)9-17(24)28-3)22-18(25)11-5-4-10(21)6-12(11)20/h4-8H,9H2,1-3H3. The van der Waals surface area contributed by atoms with Crippen LogP contribution in [0.4, 0.5) is 4.39 Å². The molecule has 3 aromatic rings. The van der Waals surface area contributed by atoms with Crippen LogP contribution in [0.2, 0.25) is 5.02 Å². The van der Waals surface area contributed by atoms with E-state index in [0.717, 1.165) is 12.1 Å². The Morgan fingerprint density at radius 3 is 2.45 bits per heavy atom. The second kappa shape index (κ2) is 8.62. The van der Waals surface area contributed by atoms with Gasteiger partial charge in [0, 0.05) is 12.1 Å². The van der Waals surface area contributed by atoms with Crippen LogP contribution >= 0.6 is 22.9 Å². The normalized spacial score (nSPS) is 11.6. The molecule has 3 rings (SSSR count). The number of esters is 1. The molecular weight excluding hydrogens is 423 g/mol. The van der Waals surface area contributed by atoms with Gasteiger partial charge in [-0.15, -0.1) is 0 Å². The number of hydrogen-bond donors (Lipinski definition) is 0. The summed E-state index contributed by atoms with van der Waals surface area (Å²) in [5.41, 5.74) is 0.653. The highest BCUT2D eigenvalue weighted by atomic mass is 35.5. The molecule has 0 spiro atoms. The van der Waals surface area contributed by atoms with E-state index in [4.69, 9.17) is 25.8 Å². The summed E-state index contributed by atoms with van der Waals surface area (Å²) in [6.45, 7) is -0.171. The molecule has 0 N–H and O–H groups in total. The van der Waals surface area contributed by atoms with Gasteiger partial charge in [0.05, 0.1) is 42.1 Å². The number of carbonyl (C=O) groups is 2. The third-order valence-corrected chi connectivity index (χ3v) is 5.42. The van der Waals surface area contributed by atoms with E-state index in [1.54, 1.807) is 12.1 Å². The average Bonchev–Trinajstić information content (AvgIpc) is 3.02. The molecule has 152 valence electrons. The molecule has 0 aliphatic heterocycles. The van der Waals surface area contributed by atoms with E-state index in [9.17, 15) is 14.0 Å². The summed E-state index contributed by atoms with van der Waals surface area (Å²) >= 11 is 7.14. The van der Waals surface area contributed by atoms with Gasteiger partial charge in [-0.2, -0.15) is 4.99 Å². The van der Waals surface area contributed by atoms with Crippen molar-refractivity contribution in [2.24, 2.45) is 4.99 Å². The number of thiazole rings is 1. The Bertz CT molecular complexity index is 1170. The number of hydrogen-bond acceptors (Lipinski definition) is 6.